The van der Waals surface area contributed by atoms with Crippen molar-refractivity contribution in [3.8, 4) is 0 Å². The lowest BCUT2D eigenvalue weighted by Gasteiger charge is -1.93. The summed E-state index contributed by atoms with van der Waals surface area (Å²) in [4.78, 5) is 0. The normalized spacial score (nSPS) is 8.20. The van der Waals surface area contributed by atoms with Crippen LogP contribution in [0.2, 0.25) is 0 Å². The summed E-state index contributed by atoms with van der Waals surface area (Å²) in [5.41, 5.74) is 3.85. The molecule has 0 bridgehead atoms. The predicted octanol–water partition coefficient (Wildman–Crippen LogP) is -2.14. The van der Waals surface area contributed by atoms with E-state index in [0.717, 1.165) is 5.69 Å². The highest BCUT2D eigenvalue weighted by molar-refractivity contribution is 14.1. The second-order valence-corrected chi connectivity index (χ2v) is 2.93. The highest BCUT2D eigenvalue weighted by Gasteiger charge is 1.86. The summed E-state index contributed by atoms with van der Waals surface area (Å²) in [7, 11) is 0. The largest absolute Gasteiger partial charge is 1.00 e. The van der Waals surface area contributed by atoms with Gasteiger partial charge in [0.05, 0.1) is 5.69 Å². The Bertz CT molecular complexity index is 187. The molecule has 0 aromatic heterocycles. The Kier molecular flexibility index (Phi) is 4.76. The van der Waals surface area contributed by atoms with E-state index in [-0.39, 0.29) is 12.4 Å². The third-order valence-corrected chi connectivity index (χ3v) is 1.77. The number of quaternary nitrogens is 1. The monoisotopic (exact) mass is 270 g/mol. The summed E-state index contributed by atoms with van der Waals surface area (Å²) in [6.07, 6.45) is 0. The lowest BCUT2D eigenvalue weighted by molar-refractivity contribution is -0.325. The Morgan fingerprint density at radius 3 is 2.10 bits per heavy atom. The molecule has 0 saturated heterocycles. The Labute approximate surface area is 79.7 Å². The van der Waals surface area contributed by atoms with E-state index in [1.54, 1.807) is 0 Å². The van der Waals surface area contributed by atoms with Crippen LogP contribution in [0, 0.1) is 3.57 Å². The first-order valence-corrected chi connectivity index (χ1v) is 3.69. The molecule has 0 atom stereocenters. The van der Waals surface area contributed by atoms with E-state index in [1.165, 1.54) is 3.57 Å². The van der Waals surface area contributed by atoms with Gasteiger partial charge in [0.15, 0.2) is 0 Å². The van der Waals surface area contributed by atoms with E-state index in [4.69, 9.17) is 0 Å². The predicted molar refractivity (Wildman–Crippen MR) is 45.7 cm³/mol. The zero-order chi connectivity index (χ0) is 6.69. The fourth-order valence-corrected chi connectivity index (χ4v) is 0.927. The molecule has 10 heavy (non-hydrogen) atoms. The maximum atomic E-state index is 3.53. The molecule has 56 valence electrons. The zero-order valence-electron chi connectivity index (χ0n) is 5.27. The molecule has 0 spiro atoms. The standard InChI is InChI=1S/C6H7IN2.ClH/c7-5-1-3-6(9-8)4-2-5;/h1-4,9H,8H2;1H. The summed E-state index contributed by atoms with van der Waals surface area (Å²) in [6.45, 7) is 0. The highest BCUT2D eigenvalue weighted by atomic mass is 127. The number of rotatable bonds is 1. The minimum Gasteiger partial charge on any atom is -1.00 e. The molecule has 1 aromatic rings. The van der Waals surface area contributed by atoms with Gasteiger partial charge in [-0.1, -0.05) is 0 Å². The van der Waals surface area contributed by atoms with Gasteiger partial charge < -0.3 is 12.4 Å². The summed E-state index contributed by atoms with van der Waals surface area (Å²) in [5.74, 6) is 3.53. The van der Waals surface area contributed by atoms with Crippen molar-refractivity contribution in [3.05, 3.63) is 27.8 Å². The van der Waals surface area contributed by atoms with Crippen LogP contribution in [-0.2, 0) is 0 Å². The Hall–Kier alpha value is -0.000000000000000111. The number of nitrogens with one attached hydrogen (secondary N) is 1. The average Bonchev–Trinajstić information content (AvgIpc) is 1.90. The first-order valence-electron chi connectivity index (χ1n) is 2.61. The molecule has 4 heteroatoms. The number of hydrogen-bond donors (Lipinski definition) is 2. The molecule has 2 nitrogen and oxygen atoms in total. The minimum absolute atomic E-state index is 0. The third kappa shape index (κ3) is 2.72. The van der Waals surface area contributed by atoms with E-state index in [0.29, 0.717) is 0 Å². The molecule has 0 heterocycles. The van der Waals surface area contributed by atoms with Crippen LogP contribution in [0.25, 0.3) is 0 Å². The number of benzene rings is 1. The van der Waals surface area contributed by atoms with Gasteiger partial charge in [-0.05, 0) is 46.9 Å². The quantitative estimate of drug-likeness (QED) is 0.444. The van der Waals surface area contributed by atoms with Crippen molar-refractivity contribution in [3.63, 3.8) is 0 Å². The third-order valence-electron chi connectivity index (χ3n) is 1.05. The molecule has 0 amide bonds. The average molecular weight is 271 g/mol. The topological polar surface area (TPSA) is 39.7 Å². The molecule has 0 unspecified atom stereocenters. The van der Waals surface area contributed by atoms with Crippen molar-refractivity contribution >= 4 is 28.3 Å². The van der Waals surface area contributed by atoms with Crippen LogP contribution < -0.4 is 23.7 Å². The van der Waals surface area contributed by atoms with Gasteiger partial charge >= 0.3 is 0 Å². The van der Waals surface area contributed by atoms with Gasteiger partial charge in [-0.2, -0.15) is 0 Å². The van der Waals surface area contributed by atoms with E-state index in [1.807, 2.05) is 24.3 Å². The number of halogens is 2. The van der Waals surface area contributed by atoms with Gasteiger partial charge in [-0.3, -0.25) is 5.84 Å². The molecular weight excluding hydrogens is 262 g/mol. The van der Waals surface area contributed by atoms with Gasteiger partial charge in [0.1, 0.15) is 0 Å². The van der Waals surface area contributed by atoms with Crippen LogP contribution in [0.1, 0.15) is 0 Å². The Morgan fingerprint density at radius 1 is 1.20 bits per heavy atom. The van der Waals surface area contributed by atoms with Crippen LogP contribution in [-0.4, -0.2) is 0 Å². The van der Waals surface area contributed by atoms with E-state index < -0.39 is 0 Å². The summed E-state index contributed by atoms with van der Waals surface area (Å²) in [6, 6.07) is 8.06. The highest BCUT2D eigenvalue weighted by Crippen LogP contribution is 2.08. The Morgan fingerprint density at radius 2 is 1.70 bits per heavy atom. The Balaban J connectivity index is 0.000000810. The second kappa shape index (κ2) is 4.76. The van der Waals surface area contributed by atoms with Crippen molar-refractivity contribution in [1.82, 2.24) is 0 Å². The molecule has 0 aliphatic heterocycles. The zero-order valence-corrected chi connectivity index (χ0v) is 8.19. The van der Waals surface area contributed by atoms with Gasteiger partial charge in [-0.15, -0.1) is 0 Å². The van der Waals surface area contributed by atoms with Crippen LogP contribution in [0.4, 0.5) is 5.69 Å². The maximum Gasteiger partial charge on any atom is 0.0848 e. The van der Waals surface area contributed by atoms with Gasteiger partial charge in [0, 0.05) is 3.57 Å². The molecule has 0 saturated carbocycles. The van der Waals surface area contributed by atoms with Crippen LogP contribution in [0.5, 0.6) is 0 Å². The first-order chi connectivity index (χ1) is 4.33. The number of hydrogen-bond acceptors (Lipinski definition) is 1. The fraction of sp³-hybridized carbons (Fsp3) is 0. The smallest absolute Gasteiger partial charge is 0.0848 e. The van der Waals surface area contributed by atoms with Crippen molar-refractivity contribution in [2.75, 3.05) is 5.43 Å². The van der Waals surface area contributed by atoms with E-state index >= 15 is 0 Å². The van der Waals surface area contributed by atoms with E-state index in [9.17, 15) is 0 Å². The summed E-state index contributed by atoms with van der Waals surface area (Å²) in [5, 5.41) is 0. The van der Waals surface area contributed by atoms with Crippen molar-refractivity contribution in [2.45, 2.75) is 0 Å². The van der Waals surface area contributed by atoms with Crippen molar-refractivity contribution in [1.29, 1.82) is 0 Å². The molecule has 0 aliphatic rings. The SMILES string of the molecule is [Cl-].[NH3+]Nc1ccc(I)cc1. The lowest BCUT2D eigenvalue weighted by Crippen LogP contribution is -3.00. The van der Waals surface area contributed by atoms with E-state index in [2.05, 4.69) is 33.9 Å². The molecule has 0 fully saturated rings. The van der Waals surface area contributed by atoms with Crippen LogP contribution in [0.15, 0.2) is 24.3 Å². The molecule has 1 rings (SSSR count). The maximum absolute atomic E-state index is 3.53. The van der Waals surface area contributed by atoms with Gasteiger partial charge in [0.2, 0.25) is 0 Å². The van der Waals surface area contributed by atoms with Gasteiger partial charge in [0.25, 0.3) is 0 Å². The summed E-state index contributed by atoms with van der Waals surface area (Å²) >= 11 is 2.26. The molecular formula is C6H8ClIN2. The lowest BCUT2D eigenvalue weighted by atomic mass is 10.3. The molecule has 1 aromatic carbocycles. The van der Waals surface area contributed by atoms with Crippen molar-refractivity contribution < 1.29 is 18.2 Å². The molecule has 0 aliphatic carbocycles. The van der Waals surface area contributed by atoms with Crippen LogP contribution >= 0.6 is 22.6 Å². The van der Waals surface area contributed by atoms with Crippen LogP contribution in [0.3, 0.4) is 0 Å². The molecule has 4 N–H and O–H groups in total. The summed E-state index contributed by atoms with van der Waals surface area (Å²) < 4.78 is 1.24. The second-order valence-electron chi connectivity index (χ2n) is 1.68. The number of anilines is 1. The molecule has 0 radical (unpaired) electrons. The van der Waals surface area contributed by atoms with Gasteiger partial charge in [-0.25, -0.2) is 5.43 Å². The fourth-order valence-electron chi connectivity index (χ4n) is 0.568. The first kappa shape index (κ1) is 10.0. The van der Waals surface area contributed by atoms with Crippen molar-refractivity contribution in [2.24, 2.45) is 0 Å². The minimum atomic E-state index is 0.